The molecule has 0 heterocycles. The molecule has 0 saturated heterocycles. The molecule has 0 fully saturated rings. The molecule has 6 heteroatoms. The maximum absolute atomic E-state index is 12.4. The molecule has 1 N–H and O–H groups in total. The first-order chi connectivity index (χ1) is 10.0. The summed E-state index contributed by atoms with van der Waals surface area (Å²) in [5, 5.41) is 14.4. The Morgan fingerprint density at radius 3 is 2.71 bits per heavy atom. The summed E-state index contributed by atoms with van der Waals surface area (Å²) in [5.41, 5.74) is 0.493. The maximum Gasteiger partial charge on any atom is 0.228 e. The van der Waals surface area contributed by atoms with Gasteiger partial charge >= 0.3 is 0 Å². The van der Waals surface area contributed by atoms with E-state index < -0.39 is 23.7 Å². The van der Waals surface area contributed by atoms with Crippen LogP contribution in [0.3, 0.4) is 0 Å². The summed E-state index contributed by atoms with van der Waals surface area (Å²) in [7, 11) is 1.50. The van der Waals surface area contributed by atoms with Gasteiger partial charge < -0.3 is 20.0 Å². The second-order valence-electron chi connectivity index (χ2n) is 4.81. The minimum absolute atomic E-state index is 0.196. The standard InChI is InChI=1S/C15H16ClNO4/c1-21-13-5-3-2-4-12(13)17-14(18)11-8-9(16)6-7-10(11)15(19)20/h2-6,10-11H,7-8H2,1H3,(H,17,18)(H,19,20)/p-1/t10-,11+/m0/s1. The average molecular weight is 309 g/mol. The van der Waals surface area contributed by atoms with Crippen LogP contribution in [0.15, 0.2) is 35.4 Å². The second-order valence-corrected chi connectivity index (χ2v) is 5.30. The Balaban J connectivity index is 2.18. The van der Waals surface area contributed by atoms with Gasteiger partial charge in [-0.3, -0.25) is 4.79 Å². The van der Waals surface area contributed by atoms with Crippen LogP contribution in [-0.4, -0.2) is 19.0 Å². The van der Waals surface area contributed by atoms with Gasteiger partial charge in [0.2, 0.25) is 5.91 Å². The highest BCUT2D eigenvalue weighted by Gasteiger charge is 2.32. The Labute approximate surface area is 127 Å². The van der Waals surface area contributed by atoms with Crippen LogP contribution in [0.1, 0.15) is 12.8 Å². The van der Waals surface area contributed by atoms with Crippen molar-refractivity contribution in [3.8, 4) is 5.75 Å². The van der Waals surface area contributed by atoms with Crippen LogP contribution >= 0.6 is 11.6 Å². The summed E-state index contributed by atoms with van der Waals surface area (Å²) < 4.78 is 5.15. The first kappa shape index (κ1) is 15.4. The summed E-state index contributed by atoms with van der Waals surface area (Å²) in [4.78, 5) is 23.5. The van der Waals surface area contributed by atoms with E-state index >= 15 is 0 Å². The molecule has 0 aromatic heterocycles. The van der Waals surface area contributed by atoms with Gasteiger partial charge in [-0.1, -0.05) is 29.8 Å². The number of hydrogen-bond donors (Lipinski definition) is 1. The van der Waals surface area contributed by atoms with Crippen molar-refractivity contribution in [3.63, 3.8) is 0 Å². The summed E-state index contributed by atoms with van der Waals surface area (Å²) in [5.74, 6) is -2.76. The molecule has 0 saturated carbocycles. The van der Waals surface area contributed by atoms with Crippen molar-refractivity contribution in [2.45, 2.75) is 12.8 Å². The number of rotatable bonds is 4. The lowest BCUT2D eigenvalue weighted by molar-refractivity contribution is -0.313. The van der Waals surface area contributed by atoms with Crippen molar-refractivity contribution in [3.05, 3.63) is 35.4 Å². The van der Waals surface area contributed by atoms with Gasteiger partial charge in [-0.2, -0.15) is 0 Å². The van der Waals surface area contributed by atoms with Crippen molar-refractivity contribution in [1.82, 2.24) is 0 Å². The molecule has 1 aromatic rings. The lowest BCUT2D eigenvalue weighted by Crippen LogP contribution is -2.42. The number of hydrogen-bond acceptors (Lipinski definition) is 4. The fourth-order valence-electron chi connectivity index (χ4n) is 2.36. The minimum Gasteiger partial charge on any atom is -0.550 e. The third-order valence-corrected chi connectivity index (χ3v) is 3.81. The molecule has 1 aliphatic rings. The predicted octanol–water partition coefficient (Wildman–Crippen LogP) is 1.53. The molecule has 1 aromatic carbocycles. The molecule has 21 heavy (non-hydrogen) atoms. The normalized spacial score (nSPS) is 21.3. The molecule has 2 rings (SSSR count). The molecule has 2 atom stereocenters. The minimum atomic E-state index is -1.24. The number of nitrogens with one attached hydrogen (secondary N) is 1. The van der Waals surface area contributed by atoms with E-state index in [1.807, 2.05) is 0 Å². The SMILES string of the molecule is COc1ccccc1NC(=O)[C@@H]1CC(Cl)=CC[C@@H]1C(=O)[O-]. The summed E-state index contributed by atoms with van der Waals surface area (Å²) >= 11 is 5.93. The average Bonchev–Trinajstić information content (AvgIpc) is 2.47. The van der Waals surface area contributed by atoms with Crippen molar-refractivity contribution >= 4 is 29.2 Å². The second kappa shape index (κ2) is 6.63. The fourth-order valence-corrected chi connectivity index (χ4v) is 2.62. The first-order valence-corrected chi connectivity index (χ1v) is 6.90. The van der Waals surface area contributed by atoms with Gasteiger partial charge in [0.1, 0.15) is 5.75 Å². The van der Waals surface area contributed by atoms with Gasteiger partial charge in [0.15, 0.2) is 0 Å². The van der Waals surface area contributed by atoms with Crippen LogP contribution in [0.2, 0.25) is 0 Å². The van der Waals surface area contributed by atoms with Gasteiger partial charge in [0.25, 0.3) is 0 Å². The largest absolute Gasteiger partial charge is 0.550 e. The van der Waals surface area contributed by atoms with Gasteiger partial charge in [0.05, 0.1) is 18.7 Å². The number of carbonyl (C=O) groups is 2. The molecule has 0 radical (unpaired) electrons. The van der Waals surface area contributed by atoms with E-state index in [0.29, 0.717) is 16.5 Å². The van der Waals surface area contributed by atoms with E-state index in [0.717, 1.165) is 0 Å². The third kappa shape index (κ3) is 3.55. The van der Waals surface area contributed by atoms with Gasteiger partial charge in [-0.05, 0) is 25.0 Å². The number of benzene rings is 1. The van der Waals surface area contributed by atoms with Crippen LogP contribution < -0.4 is 15.2 Å². The number of methoxy groups -OCH3 is 1. The van der Waals surface area contributed by atoms with E-state index in [-0.39, 0.29) is 12.8 Å². The molecule has 5 nitrogen and oxygen atoms in total. The Kier molecular flexibility index (Phi) is 4.85. The first-order valence-electron chi connectivity index (χ1n) is 6.52. The van der Waals surface area contributed by atoms with E-state index in [1.165, 1.54) is 7.11 Å². The Hall–Kier alpha value is -2.01. The number of allylic oxidation sites excluding steroid dienone is 2. The van der Waals surface area contributed by atoms with Crippen LogP contribution in [0.25, 0.3) is 0 Å². The lowest BCUT2D eigenvalue weighted by atomic mass is 9.82. The van der Waals surface area contributed by atoms with Crippen molar-refractivity contribution < 1.29 is 19.4 Å². The molecule has 1 amide bonds. The molecule has 1 aliphatic carbocycles. The molecule has 0 aliphatic heterocycles. The van der Waals surface area contributed by atoms with E-state index in [4.69, 9.17) is 16.3 Å². The number of anilines is 1. The maximum atomic E-state index is 12.4. The zero-order chi connectivity index (χ0) is 15.4. The van der Waals surface area contributed by atoms with Crippen LogP contribution in [0, 0.1) is 11.8 Å². The van der Waals surface area contributed by atoms with Crippen LogP contribution in [0.5, 0.6) is 5.75 Å². The highest BCUT2D eigenvalue weighted by atomic mass is 35.5. The van der Waals surface area contributed by atoms with Crippen LogP contribution in [0.4, 0.5) is 5.69 Å². The highest BCUT2D eigenvalue weighted by Crippen LogP contribution is 2.33. The van der Waals surface area contributed by atoms with Crippen molar-refractivity contribution in [2.24, 2.45) is 11.8 Å². The molecule has 0 bridgehead atoms. The van der Waals surface area contributed by atoms with E-state index in [9.17, 15) is 14.7 Å². The molecular formula is C15H15ClNO4-. The number of amides is 1. The smallest absolute Gasteiger partial charge is 0.228 e. The van der Waals surface area contributed by atoms with Gasteiger partial charge in [0, 0.05) is 16.9 Å². The van der Waals surface area contributed by atoms with Crippen molar-refractivity contribution in [1.29, 1.82) is 0 Å². The molecule has 0 spiro atoms. The number of carboxylic acid groups (broad SMARTS) is 1. The zero-order valence-electron chi connectivity index (χ0n) is 11.5. The van der Waals surface area contributed by atoms with Crippen LogP contribution in [-0.2, 0) is 9.59 Å². The lowest BCUT2D eigenvalue weighted by Gasteiger charge is -2.29. The van der Waals surface area contributed by atoms with Gasteiger partial charge in [-0.15, -0.1) is 0 Å². The quantitative estimate of drug-likeness (QED) is 0.915. The summed E-state index contributed by atoms with van der Waals surface area (Å²) in [6, 6.07) is 6.92. The van der Waals surface area contributed by atoms with Crippen molar-refractivity contribution in [2.75, 3.05) is 12.4 Å². The monoisotopic (exact) mass is 308 g/mol. The van der Waals surface area contributed by atoms with Gasteiger partial charge in [-0.25, -0.2) is 0 Å². The number of carbonyl (C=O) groups excluding carboxylic acids is 2. The Morgan fingerprint density at radius 2 is 2.05 bits per heavy atom. The van der Waals surface area contributed by atoms with E-state index in [2.05, 4.69) is 5.32 Å². The molecule has 0 unspecified atom stereocenters. The number of carboxylic acids is 1. The number of halogens is 1. The predicted molar refractivity (Wildman–Crippen MR) is 76.8 cm³/mol. The number of ether oxygens (including phenoxy) is 1. The molecule has 112 valence electrons. The third-order valence-electron chi connectivity index (χ3n) is 3.50. The topological polar surface area (TPSA) is 78.5 Å². The fraction of sp³-hybridized carbons (Fsp3) is 0.333. The summed E-state index contributed by atoms with van der Waals surface area (Å²) in [6.07, 6.45) is 2.02. The zero-order valence-corrected chi connectivity index (χ0v) is 12.2. The highest BCUT2D eigenvalue weighted by molar-refractivity contribution is 6.29. The number of para-hydroxylation sites is 2. The number of aliphatic carboxylic acids is 1. The Morgan fingerprint density at radius 1 is 1.33 bits per heavy atom. The molecular weight excluding hydrogens is 294 g/mol. The summed E-state index contributed by atoms with van der Waals surface area (Å²) in [6.45, 7) is 0. The Bertz CT molecular complexity index is 585. The van der Waals surface area contributed by atoms with E-state index in [1.54, 1.807) is 30.3 Å².